The highest BCUT2D eigenvalue weighted by Gasteiger charge is 2.15. The van der Waals surface area contributed by atoms with Gasteiger partial charge in [0.15, 0.2) is 11.5 Å². The molecule has 1 aromatic carbocycles. The highest BCUT2D eigenvalue weighted by molar-refractivity contribution is 9.11. The molecule has 0 bridgehead atoms. The SMILES string of the molecule is CCCCCC(Br)c1cc(OC)c(OC)cc1Br. The number of unbranched alkanes of at least 4 members (excludes halogenated alkanes) is 2. The summed E-state index contributed by atoms with van der Waals surface area (Å²) in [5.74, 6) is 1.53. The Morgan fingerprint density at radius 3 is 2.28 bits per heavy atom. The average Bonchev–Trinajstić information content (AvgIpc) is 2.38. The van der Waals surface area contributed by atoms with Gasteiger partial charge in [-0.3, -0.25) is 0 Å². The Morgan fingerprint density at radius 2 is 1.72 bits per heavy atom. The minimum absolute atomic E-state index is 0.346. The molecule has 0 radical (unpaired) electrons. The first-order chi connectivity index (χ1) is 8.63. The summed E-state index contributed by atoms with van der Waals surface area (Å²) in [6.07, 6.45) is 4.87. The van der Waals surface area contributed by atoms with Crippen LogP contribution >= 0.6 is 31.9 Å². The fourth-order valence-electron chi connectivity index (χ4n) is 1.84. The van der Waals surface area contributed by atoms with Crippen LogP contribution in [0.1, 0.15) is 43.0 Å². The Bertz CT molecular complexity index is 380. The minimum atomic E-state index is 0.346. The van der Waals surface area contributed by atoms with E-state index in [-0.39, 0.29) is 0 Å². The maximum absolute atomic E-state index is 5.34. The largest absolute Gasteiger partial charge is 0.493 e. The Balaban J connectivity index is 2.87. The maximum atomic E-state index is 5.34. The van der Waals surface area contributed by atoms with E-state index in [1.165, 1.54) is 24.8 Å². The van der Waals surface area contributed by atoms with Crippen LogP contribution in [0.15, 0.2) is 16.6 Å². The summed E-state index contributed by atoms with van der Waals surface area (Å²) in [6.45, 7) is 2.22. The summed E-state index contributed by atoms with van der Waals surface area (Å²) >= 11 is 7.35. The maximum Gasteiger partial charge on any atom is 0.161 e. The molecule has 102 valence electrons. The number of halogens is 2. The van der Waals surface area contributed by atoms with Gasteiger partial charge in [-0.15, -0.1) is 0 Å². The fraction of sp³-hybridized carbons (Fsp3) is 0.571. The van der Waals surface area contributed by atoms with Crippen molar-refractivity contribution in [2.75, 3.05) is 14.2 Å². The van der Waals surface area contributed by atoms with Crippen molar-refractivity contribution in [3.8, 4) is 11.5 Å². The van der Waals surface area contributed by atoms with Gasteiger partial charge in [-0.2, -0.15) is 0 Å². The van der Waals surface area contributed by atoms with Gasteiger partial charge in [0.1, 0.15) is 0 Å². The van der Waals surface area contributed by atoms with Crippen molar-refractivity contribution in [3.05, 3.63) is 22.2 Å². The standard InChI is InChI=1S/C14H20Br2O2/c1-4-5-6-7-11(15)10-8-13(17-2)14(18-3)9-12(10)16/h8-9,11H,4-7H2,1-3H3. The third kappa shape index (κ3) is 4.16. The molecule has 0 spiro atoms. The van der Waals surface area contributed by atoms with Crippen LogP contribution in [-0.2, 0) is 0 Å². The molecule has 0 aliphatic carbocycles. The monoisotopic (exact) mass is 378 g/mol. The van der Waals surface area contributed by atoms with Crippen molar-refractivity contribution in [1.29, 1.82) is 0 Å². The normalized spacial score (nSPS) is 12.3. The average molecular weight is 380 g/mol. The van der Waals surface area contributed by atoms with Gasteiger partial charge in [-0.1, -0.05) is 58.0 Å². The van der Waals surface area contributed by atoms with Crippen LogP contribution in [0, 0.1) is 0 Å². The summed E-state index contributed by atoms with van der Waals surface area (Å²) in [4.78, 5) is 0.346. The van der Waals surface area contributed by atoms with Gasteiger partial charge < -0.3 is 9.47 Å². The molecular formula is C14H20Br2O2. The fourth-order valence-corrected chi connectivity index (χ4v) is 3.45. The smallest absolute Gasteiger partial charge is 0.161 e. The highest BCUT2D eigenvalue weighted by atomic mass is 79.9. The Kier molecular flexibility index (Phi) is 7.08. The molecule has 4 heteroatoms. The molecule has 0 aromatic heterocycles. The van der Waals surface area contributed by atoms with E-state index in [9.17, 15) is 0 Å². The molecule has 0 amide bonds. The summed E-state index contributed by atoms with van der Waals surface area (Å²) < 4.78 is 11.7. The summed E-state index contributed by atoms with van der Waals surface area (Å²) in [7, 11) is 3.31. The second-order valence-corrected chi connectivity index (χ2v) is 6.15. The van der Waals surface area contributed by atoms with Gasteiger partial charge in [-0.05, 0) is 24.1 Å². The third-order valence-corrected chi connectivity index (χ3v) is 4.54. The highest BCUT2D eigenvalue weighted by Crippen LogP contribution is 2.40. The molecule has 0 saturated carbocycles. The van der Waals surface area contributed by atoms with Crippen molar-refractivity contribution in [3.63, 3.8) is 0 Å². The zero-order chi connectivity index (χ0) is 13.5. The first kappa shape index (κ1) is 15.8. The van der Waals surface area contributed by atoms with Gasteiger partial charge in [0, 0.05) is 9.30 Å². The van der Waals surface area contributed by atoms with Gasteiger partial charge >= 0.3 is 0 Å². The Labute approximate surface area is 126 Å². The lowest BCUT2D eigenvalue weighted by Crippen LogP contribution is -1.96. The zero-order valence-electron chi connectivity index (χ0n) is 11.1. The van der Waals surface area contributed by atoms with Crippen LogP contribution in [0.2, 0.25) is 0 Å². The molecule has 1 atom stereocenters. The molecule has 1 unspecified atom stereocenters. The molecule has 0 saturated heterocycles. The topological polar surface area (TPSA) is 18.5 Å². The molecule has 0 aliphatic rings. The molecule has 18 heavy (non-hydrogen) atoms. The van der Waals surface area contributed by atoms with Gasteiger partial charge in [0.25, 0.3) is 0 Å². The first-order valence-electron chi connectivity index (χ1n) is 6.19. The lowest BCUT2D eigenvalue weighted by molar-refractivity contribution is 0.354. The van der Waals surface area contributed by atoms with E-state index in [1.54, 1.807) is 14.2 Å². The second kappa shape index (κ2) is 8.05. The van der Waals surface area contributed by atoms with E-state index in [2.05, 4.69) is 38.8 Å². The molecule has 0 aliphatic heterocycles. The molecule has 0 heterocycles. The molecule has 0 N–H and O–H groups in total. The summed E-state index contributed by atoms with van der Waals surface area (Å²) in [6, 6.07) is 4.00. The van der Waals surface area contributed by atoms with E-state index in [0.29, 0.717) is 4.83 Å². The Hall–Kier alpha value is -0.220. The van der Waals surface area contributed by atoms with Crippen molar-refractivity contribution in [1.82, 2.24) is 0 Å². The number of ether oxygens (including phenoxy) is 2. The molecular weight excluding hydrogens is 360 g/mol. The number of hydrogen-bond donors (Lipinski definition) is 0. The molecule has 2 nitrogen and oxygen atoms in total. The quantitative estimate of drug-likeness (QED) is 0.461. The predicted molar refractivity (Wildman–Crippen MR) is 83.1 cm³/mol. The van der Waals surface area contributed by atoms with Crippen LogP contribution in [0.4, 0.5) is 0 Å². The van der Waals surface area contributed by atoms with E-state index in [0.717, 1.165) is 22.4 Å². The van der Waals surface area contributed by atoms with E-state index in [4.69, 9.17) is 9.47 Å². The molecule has 1 aromatic rings. The van der Waals surface area contributed by atoms with Crippen LogP contribution in [-0.4, -0.2) is 14.2 Å². The van der Waals surface area contributed by atoms with E-state index < -0.39 is 0 Å². The predicted octanol–water partition coefficient (Wildman–Crippen LogP) is 5.48. The third-order valence-electron chi connectivity index (χ3n) is 2.90. The molecule has 0 fully saturated rings. The minimum Gasteiger partial charge on any atom is -0.493 e. The van der Waals surface area contributed by atoms with Crippen LogP contribution in [0.25, 0.3) is 0 Å². The number of methoxy groups -OCH3 is 2. The van der Waals surface area contributed by atoms with Crippen LogP contribution in [0.3, 0.4) is 0 Å². The summed E-state index contributed by atoms with van der Waals surface area (Å²) in [5.41, 5.74) is 1.21. The summed E-state index contributed by atoms with van der Waals surface area (Å²) in [5, 5.41) is 0. The molecule has 1 rings (SSSR count). The second-order valence-electron chi connectivity index (χ2n) is 4.19. The van der Waals surface area contributed by atoms with Gasteiger partial charge in [0.05, 0.1) is 14.2 Å². The van der Waals surface area contributed by atoms with Gasteiger partial charge in [0.2, 0.25) is 0 Å². The number of hydrogen-bond acceptors (Lipinski definition) is 2. The van der Waals surface area contributed by atoms with Crippen molar-refractivity contribution < 1.29 is 9.47 Å². The lowest BCUT2D eigenvalue weighted by atomic mass is 10.1. The number of alkyl halides is 1. The first-order valence-corrected chi connectivity index (χ1v) is 7.90. The van der Waals surface area contributed by atoms with Crippen LogP contribution < -0.4 is 9.47 Å². The number of rotatable bonds is 7. The van der Waals surface area contributed by atoms with Crippen molar-refractivity contribution in [2.45, 2.75) is 37.4 Å². The van der Waals surface area contributed by atoms with Gasteiger partial charge in [-0.25, -0.2) is 0 Å². The Morgan fingerprint density at radius 1 is 1.11 bits per heavy atom. The lowest BCUT2D eigenvalue weighted by Gasteiger charge is -2.15. The number of benzene rings is 1. The van der Waals surface area contributed by atoms with E-state index in [1.807, 2.05) is 12.1 Å². The van der Waals surface area contributed by atoms with Crippen LogP contribution in [0.5, 0.6) is 11.5 Å². The zero-order valence-corrected chi connectivity index (χ0v) is 14.3. The van der Waals surface area contributed by atoms with E-state index >= 15 is 0 Å². The van der Waals surface area contributed by atoms with Crippen molar-refractivity contribution >= 4 is 31.9 Å². The van der Waals surface area contributed by atoms with Crippen molar-refractivity contribution in [2.24, 2.45) is 0 Å².